The normalized spacial score (nSPS) is 12.2. The van der Waals surface area contributed by atoms with Crippen LogP contribution in [0.1, 0.15) is 12.5 Å². The van der Waals surface area contributed by atoms with Gasteiger partial charge in [-0.2, -0.15) is 0 Å². The number of nitrogens with zero attached hydrogens (tertiary/aromatic N) is 3. The molecule has 0 aliphatic rings. The Kier molecular flexibility index (Phi) is 5.71. The van der Waals surface area contributed by atoms with Crippen molar-refractivity contribution in [2.45, 2.75) is 13.3 Å². The average molecular weight is 368 g/mol. The van der Waals surface area contributed by atoms with Crippen LogP contribution in [0.25, 0.3) is 10.9 Å². The number of allylic oxidation sites excluding steroid dienone is 1. The fourth-order valence-corrected chi connectivity index (χ4v) is 4.02. The SMILES string of the molecule is C=C(C)Cc1ccc2ccc(Cl)nc2c1OP(=O)(N(C)C)N(C)C. The van der Waals surface area contributed by atoms with Crippen LogP contribution in [0, 0.1) is 0 Å². The van der Waals surface area contributed by atoms with E-state index in [1.165, 1.54) is 0 Å². The van der Waals surface area contributed by atoms with Gasteiger partial charge >= 0.3 is 7.67 Å². The first-order valence-electron chi connectivity index (χ1n) is 7.53. The summed E-state index contributed by atoms with van der Waals surface area (Å²) in [4.78, 5) is 4.40. The van der Waals surface area contributed by atoms with Gasteiger partial charge in [0.1, 0.15) is 10.7 Å². The van der Waals surface area contributed by atoms with Gasteiger partial charge in [0, 0.05) is 10.9 Å². The molecule has 7 heteroatoms. The molecule has 0 bridgehead atoms. The van der Waals surface area contributed by atoms with Crippen LogP contribution in [-0.4, -0.2) is 42.5 Å². The Morgan fingerprint density at radius 3 is 2.33 bits per heavy atom. The molecule has 0 N–H and O–H groups in total. The van der Waals surface area contributed by atoms with Crippen LogP contribution < -0.4 is 4.52 Å². The number of hydrogen-bond acceptors (Lipinski definition) is 3. The Balaban J connectivity index is 2.70. The third kappa shape index (κ3) is 3.81. The number of hydrogen-bond donors (Lipinski definition) is 0. The zero-order chi connectivity index (χ0) is 18.1. The second kappa shape index (κ2) is 7.24. The highest BCUT2D eigenvalue weighted by Gasteiger charge is 2.33. The van der Waals surface area contributed by atoms with Gasteiger partial charge in [-0.3, -0.25) is 0 Å². The topological polar surface area (TPSA) is 45.7 Å². The van der Waals surface area contributed by atoms with Gasteiger partial charge in [-0.05, 0) is 53.7 Å². The number of fused-ring (bicyclic) bond motifs is 1. The molecule has 1 aromatic heterocycles. The molecule has 1 aromatic carbocycles. The first-order chi connectivity index (χ1) is 11.1. The summed E-state index contributed by atoms with van der Waals surface area (Å²) in [5.41, 5.74) is 2.46. The maximum atomic E-state index is 13.3. The van der Waals surface area contributed by atoms with E-state index in [2.05, 4.69) is 11.6 Å². The molecule has 0 spiro atoms. The summed E-state index contributed by atoms with van der Waals surface area (Å²) in [5, 5.41) is 1.24. The Bertz CT molecular complexity index is 809. The molecule has 5 nitrogen and oxygen atoms in total. The number of pyridine rings is 1. The predicted molar refractivity (Wildman–Crippen MR) is 101 cm³/mol. The molecule has 1 heterocycles. The molecule has 0 aliphatic carbocycles. The maximum Gasteiger partial charge on any atom is 0.394 e. The molecular formula is C17H23ClN3O2P. The highest BCUT2D eigenvalue weighted by molar-refractivity contribution is 7.54. The standard InChI is InChI=1S/C17H23ClN3O2P/c1-12(2)11-14-8-7-13-9-10-15(18)19-16(13)17(14)23-24(22,20(3)4)21(5)6/h7-10H,1,11H2,2-6H3. The van der Waals surface area contributed by atoms with Crippen molar-refractivity contribution < 1.29 is 9.09 Å². The first-order valence-corrected chi connectivity index (χ1v) is 9.43. The Labute approximate surface area is 148 Å². The van der Waals surface area contributed by atoms with E-state index >= 15 is 0 Å². The van der Waals surface area contributed by atoms with Gasteiger partial charge in [-0.1, -0.05) is 35.9 Å². The molecule has 0 fully saturated rings. The van der Waals surface area contributed by atoms with Crippen molar-refractivity contribution in [2.75, 3.05) is 28.2 Å². The predicted octanol–water partition coefficient (Wildman–Crippen LogP) is 4.62. The van der Waals surface area contributed by atoms with Gasteiger partial charge in [-0.15, -0.1) is 0 Å². The Morgan fingerprint density at radius 2 is 1.79 bits per heavy atom. The lowest BCUT2D eigenvalue weighted by Crippen LogP contribution is -2.25. The van der Waals surface area contributed by atoms with Crippen molar-refractivity contribution in [1.82, 2.24) is 14.3 Å². The molecule has 0 radical (unpaired) electrons. The van der Waals surface area contributed by atoms with Crippen molar-refractivity contribution in [1.29, 1.82) is 0 Å². The van der Waals surface area contributed by atoms with Crippen molar-refractivity contribution in [3.63, 3.8) is 0 Å². The van der Waals surface area contributed by atoms with E-state index in [1.807, 2.05) is 25.1 Å². The minimum atomic E-state index is -3.22. The molecule has 24 heavy (non-hydrogen) atoms. The van der Waals surface area contributed by atoms with Crippen molar-refractivity contribution >= 4 is 30.2 Å². The van der Waals surface area contributed by atoms with E-state index in [0.717, 1.165) is 16.5 Å². The third-order valence-corrected chi connectivity index (χ3v) is 6.23. The smallest absolute Gasteiger partial charge is 0.394 e. The number of benzene rings is 1. The fraction of sp³-hybridized carbons (Fsp3) is 0.353. The second-order valence-electron chi connectivity index (χ2n) is 6.17. The van der Waals surface area contributed by atoms with Crippen LogP contribution in [0.4, 0.5) is 0 Å². The lowest BCUT2D eigenvalue weighted by Gasteiger charge is -2.30. The lowest BCUT2D eigenvalue weighted by molar-refractivity contribution is 0.354. The van der Waals surface area contributed by atoms with E-state index < -0.39 is 7.67 Å². The summed E-state index contributed by atoms with van der Waals surface area (Å²) in [6, 6.07) is 7.51. The van der Waals surface area contributed by atoms with Crippen LogP contribution >= 0.6 is 19.3 Å². The van der Waals surface area contributed by atoms with Gasteiger partial charge in [-0.25, -0.2) is 18.9 Å². The maximum absolute atomic E-state index is 13.3. The van der Waals surface area contributed by atoms with Crippen LogP contribution in [0.15, 0.2) is 36.4 Å². The number of aromatic nitrogens is 1. The molecule has 0 amide bonds. The molecule has 2 rings (SSSR count). The summed E-state index contributed by atoms with van der Waals surface area (Å²) in [6.07, 6.45) is 0.611. The minimum absolute atomic E-state index is 0.365. The number of rotatable bonds is 6. The van der Waals surface area contributed by atoms with Gasteiger partial charge in [0.25, 0.3) is 0 Å². The Morgan fingerprint density at radius 1 is 1.21 bits per heavy atom. The van der Waals surface area contributed by atoms with Crippen molar-refractivity contribution in [2.24, 2.45) is 0 Å². The Hall–Kier alpha value is -1.39. The van der Waals surface area contributed by atoms with Crippen LogP contribution in [-0.2, 0) is 11.0 Å². The van der Waals surface area contributed by atoms with Gasteiger partial charge in [0.2, 0.25) is 0 Å². The van der Waals surface area contributed by atoms with E-state index in [4.69, 9.17) is 16.1 Å². The highest BCUT2D eigenvalue weighted by Crippen LogP contribution is 2.52. The summed E-state index contributed by atoms with van der Waals surface area (Å²) < 4.78 is 22.5. The van der Waals surface area contributed by atoms with Gasteiger partial charge in [0.05, 0.1) is 0 Å². The van der Waals surface area contributed by atoms with Crippen molar-refractivity contribution in [3.05, 3.63) is 47.1 Å². The zero-order valence-electron chi connectivity index (χ0n) is 14.7. The van der Waals surface area contributed by atoms with E-state index in [9.17, 15) is 4.57 Å². The van der Waals surface area contributed by atoms with Gasteiger partial charge in [0.15, 0.2) is 5.75 Å². The molecule has 2 aromatic rings. The molecule has 130 valence electrons. The van der Waals surface area contributed by atoms with Crippen molar-refractivity contribution in [3.8, 4) is 5.75 Å². The molecular weight excluding hydrogens is 345 g/mol. The van der Waals surface area contributed by atoms with Crippen LogP contribution in [0.5, 0.6) is 5.75 Å². The fourth-order valence-electron chi connectivity index (χ4n) is 2.39. The molecule has 0 atom stereocenters. The average Bonchev–Trinajstić information content (AvgIpc) is 2.48. The number of halogens is 1. The monoisotopic (exact) mass is 367 g/mol. The third-order valence-electron chi connectivity index (χ3n) is 3.58. The summed E-state index contributed by atoms with van der Waals surface area (Å²) in [6.45, 7) is 5.91. The quantitative estimate of drug-likeness (QED) is 0.423. The van der Waals surface area contributed by atoms with Crippen LogP contribution in [0.2, 0.25) is 5.15 Å². The van der Waals surface area contributed by atoms with E-state index in [-0.39, 0.29) is 0 Å². The van der Waals surface area contributed by atoms with Gasteiger partial charge < -0.3 is 4.52 Å². The highest BCUT2D eigenvalue weighted by atomic mass is 35.5. The van der Waals surface area contributed by atoms with E-state index in [1.54, 1.807) is 43.6 Å². The van der Waals surface area contributed by atoms with Crippen LogP contribution in [0.3, 0.4) is 0 Å². The minimum Gasteiger partial charge on any atom is -0.419 e. The molecule has 0 saturated carbocycles. The molecule has 0 saturated heterocycles. The summed E-state index contributed by atoms with van der Waals surface area (Å²) in [5.74, 6) is 0.490. The lowest BCUT2D eigenvalue weighted by atomic mass is 10.0. The molecule has 0 aliphatic heterocycles. The summed E-state index contributed by atoms with van der Waals surface area (Å²) in [7, 11) is 3.69. The van der Waals surface area contributed by atoms with E-state index in [0.29, 0.717) is 22.8 Å². The second-order valence-corrected chi connectivity index (χ2v) is 9.32. The molecule has 0 unspecified atom stereocenters. The largest absolute Gasteiger partial charge is 0.419 e. The summed E-state index contributed by atoms with van der Waals surface area (Å²) >= 11 is 6.07. The zero-order valence-corrected chi connectivity index (χ0v) is 16.4. The first kappa shape index (κ1) is 18.9.